The number of hydrogen-bond donors (Lipinski definition) is 0. The molecule has 62 heavy (non-hydrogen) atoms. The van der Waals surface area contributed by atoms with Crippen molar-refractivity contribution < 1.29 is 66.5 Å². The number of benzene rings is 5. The predicted molar refractivity (Wildman–Crippen MR) is 217 cm³/mol. The average molecular weight is 845 g/mol. The molecular weight excluding hydrogens is 801 g/mol. The summed E-state index contributed by atoms with van der Waals surface area (Å²) in [5, 5.41) is 0. The first kappa shape index (κ1) is 42.4. The second-order valence-electron chi connectivity index (χ2n) is 14.7. The zero-order valence-corrected chi connectivity index (χ0v) is 33.7. The Balaban J connectivity index is 1.18. The molecule has 0 bridgehead atoms. The van der Waals surface area contributed by atoms with Crippen LogP contribution in [0.2, 0.25) is 0 Å². The molecule has 14 nitrogen and oxygen atoms in total. The zero-order chi connectivity index (χ0) is 43.0. The summed E-state index contributed by atoms with van der Waals surface area (Å²) < 4.78 is 62.7. The van der Waals surface area contributed by atoms with Gasteiger partial charge in [0.05, 0.1) is 35.0 Å². The third-order valence-electron chi connectivity index (χ3n) is 10.6. The summed E-state index contributed by atoms with van der Waals surface area (Å²) in [7, 11) is 1.38. The largest absolute Gasteiger partial charge is 0.453 e. The molecule has 0 aromatic heterocycles. The molecule has 8 rings (SSSR count). The summed E-state index contributed by atoms with van der Waals surface area (Å²) >= 11 is 0. The van der Waals surface area contributed by atoms with E-state index in [2.05, 4.69) is 0 Å². The van der Waals surface area contributed by atoms with Crippen molar-refractivity contribution in [3.63, 3.8) is 0 Å². The number of ether oxygens (including phenoxy) is 10. The van der Waals surface area contributed by atoms with Gasteiger partial charge in [-0.2, -0.15) is 0 Å². The summed E-state index contributed by atoms with van der Waals surface area (Å²) in [6.07, 6.45) is -13.6. The number of esters is 4. The first-order valence-electron chi connectivity index (χ1n) is 20.1. The molecule has 5 aromatic carbocycles. The van der Waals surface area contributed by atoms with Crippen LogP contribution in [-0.2, 0) is 47.4 Å². The highest BCUT2D eigenvalue weighted by Crippen LogP contribution is 2.39. The van der Waals surface area contributed by atoms with Crippen molar-refractivity contribution in [3.05, 3.63) is 179 Å². The molecule has 3 aliphatic heterocycles. The number of rotatable bonds is 12. The van der Waals surface area contributed by atoms with E-state index < -0.39 is 91.6 Å². The Morgan fingerprint density at radius 3 is 1.35 bits per heavy atom. The minimum Gasteiger partial charge on any atom is -0.453 e. The standard InChI is InChI=1S/C48H44O14/c1-29-36(57-42(49)30-18-8-3-9-19-30)38(58-43(50)31-20-10-4-11-21-31)41(60-45(52)33-24-14-6-15-25-33)48(55-29)62-40-39(59-44(51)32-22-12-5-13-23-32)37-35(56-47(40)53-2)28-54-46(61-37)34-26-16-7-17-27-34/h3-27,29,35-41,46-48H,28H2,1-2H3/t29-,35+,36-,37-,38+,39-,40+,41+,46?,47-,48-/m0/s1. The number of methoxy groups -OCH3 is 1. The van der Waals surface area contributed by atoms with E-state index in [0.29, 0.717) is 5.56 Å². The van der Waals surface area contributed by atoms with E-state index in [9.17, 15) is 19.2 Å². The summed E-state index contributed by atoms with van der Waals surface area (Å²) in [4.78, 5) is 55.5. The van der Waals surface area contributed by atoms with Crippen molar-refractivity contribution >= 4 is 23.9 Å². The van der Waals surface area contributed by atoms with Gasteiger partial charge < -0.3 is 47.4 Å². The van der Waals surface area contributed by atoms with Crippen LogP contribution in [-0.4, -0.2) is 99.0 Å². The maximum atomic E-state index is 14.0. The SMILES string of the molecule is CO[C@H]1O[C@@H]2COC(c3ccccc3)O[C@@H]2[C@H](OC(=O)c2ccccc2)[C@H]1O[C@@H]1O[C@@H](C)[C@H](OC(=O)c2ccccc2)[C@@H](OC(=O)c2ccccc2)[C@H]1OC(=O)c1ccccc1. The lowest BCUT2D eigenvalue weighted by Gasteiger charge is -2.50. The summed E-state index contributed by atoms with van der Waals surface area (Å²) in [5.74, 6) is -3.08. The lowest BCUT2D eigenvalue weighted by molar-refractivity contribution is -0.387. The molecule has 1 unspecified atom stereocenters. The van der Waals surface area contributed by atoms with Crippen molar-refractivity contribution in [1.82, 2.24) is 0 Å². The second kappa shape index (κ2) is 19.6. The first-order chi connectivity index (χ1) is 30.3. The predicted octanol–water partition coefficient (Wildman–Crippen LogP) is 6.50. The van der Waals surface area contributed by atoms with Gasteiger partial charge in [-0.25, -0.2) is 19.2 Å². The van der Waals surface area contributed by atoms with Crippen molar-refractivity contribution in [1.29, 1.82) is 0 Å². The first-order valence-corrected chi connectivity index (χ1v) is 20.1. The fourth-order valence-electron chi connectivity index (χ4n) is 7.52. The zero-order valence-electron chi connectivity index (χ0n) is 33.7. The lowest BCUT2D eigenvalue weighted by atomic mass is 9.95. The molecule has 3 saturated heterocycles. The van der Waals surface area contributed by atoms with E-state index in [-0.39, 0.29) is 28.9 Å². The Kier molecular flexibility index (Phi) is 13.4. The average Bonchev–Trinajstić information content (AvgIpc) is 3.32. The van der Waals surface area contributed by atoms with Crippen LogP contribution in [0.5, 0.6) is 0 Å². The fourth-order valence-corrected chi connectivity index (χ4v) is 7.52. The molecule has 14 heteroatoms. The van der Waals surface area contributed by atoms with Crippen LogP contribution in [0.1, 0.15) is 60.2 Å². The molecule has 0 radical (unpaired) electrons. The van der Waals surface area contributed by atoms with Gasteiger partial charge in [-0.05, 0) is 55.5 Å². The van der Waals surface area contributed by atoms with Crippen LogP contribution in [0.4, 0.5) is 0 Å². The minimum atomic E-state index is -1.62. The van der Waals surface area contributed by atoms with Gasteiger partial charge in [-0.3, -0.25) is 0 Å². The second-order valence-corrected chi connectivity index (χ2v) is 14.7. The van der Waals surface area contributed by atoms with Crippen LogP contribution < -0.4 is 0 Å². The van der Waals surface area contributed by atoms with Gasteiger partial charge in [-0.15, -0.1) is 0 Å². The Hall–Kier alpha value is -6.26. The molecule has 5 aromatic rings. The van der Waals surface area contributed by atoms with Gasteiger partial charge >= 0.3 is 23.9 Å². The van der Waals surface area contributed by atoms with E-state index in [1.165, 1.54) is 7.11 Å². The van der Waals surface area contributed by atoms with Gasteiger partial charge in [0, 0.05) is 12.7 Å². The molecule has 0 N–H and O–H groups in total. The Bertz CT molecular complexity index is 2260. The van der Waals surface area contributed by atoms with Crippen molar-refractivity contribution in [3.8, 4) is 0 Å². The molecule has 320 valence electrons. The highest BCUT2D eigenvalue weighted by atomic mass is 16.8. The quantitative estimate of drug-likeness (QED) is 0.0989. The van der Waals surface area contributed by atoms with E-state index in [1.54, 1.807) is 128 Å². The van der Waals surface area contributed by atoms with Gasteiger partial charge in [-0.1, -0.05) is 103 Å². The highest BCUT2D eigenvalue weighted by Gasteiger charge is 2.58. The van der Waals surface area contributed by atoms with Gasteiger partial charge in [0.2, 0.25) is 0 Å². The molecule has 0 spiro atoms. The minimum absolute atomic E-state index is 0.0381. The van der Waals surface area contributed by atoms with Crippen LogP contribution in [0, 0.1) is 0 Å². The molecule has 11 atom stereocenters. The van der Waals surface area contributed by atoms with Gasteiger partial charge in [0.15, 0.2) is 49.4 Å². The third kappa shape index (κ3) is 9.61. The number of hydrogen-bond acceptors (Lipinski definition) is 14. The molecule has 0 aliphatic carbocycles. The van der Waals surface area contributed by atoms with Crippen LogP contribution >= 0.6 is 0 Å². The Morgan fingerprint density at radius 1 is 0.468 bits per heavy atom. The summed E-state index contributed by atoms with van der Waals surface area (Å²) in [5.41, 5.74) is 1.51. The van der Waals surface area contributed by atoms with E-state index in [0.717, 1.165) is 0 Å². The molecule has 0 amide bonds. The highest BCUT2D eigenvalue weighted by molar-refractivity contribution is 5.91. The van der Waals surface area contributed by atoms with Crippen molar-refractivity contribution in [2.45, 2.75) is 74.6 Å². The number of carbonyl (C=O) groups excluding carboxylic acids is 4. The molecule has 3 heterocycles. The maximum Gasteiger partial charge on any atom is 0.338 e. The molecular formula is C48H44O14. The van der Waals surface area contributed by atoms with E-state index in [1.807, 2.05) is 30.3 Å². The summed E-state index contributed by atoms with van der Waals surface area (Å²) in [6, 6.07) is 42.1. The number of fused-ring (bicyclic) bond motifs is 1. The Labute approximate surface area is 357 Å². The number of carbonyl (C=O) groups is 4. The van der Waals surface area contributed by atoms with Crippen LogP contribution in [0.25, 0.3) is 0 Å². The molecule has 3 fully saturated rings. The molecule has 0 saturated carbocycles. The van der Waals surface area contributed by atoms with E-state index >= 15 is 0 Å². The van der Waals surface area contributed by atoms with Crippen LogP contribution in [0.15, 0.2) is 152 Å². The maximum absolute atomic E-state index is 14.0. The topological polar surface area (TPSA) is 161 Å². The monoisotopic (exact) mass is 844 g/mol. The summed E-state index contributed by atoms with van der Waals surface area (Å²) in [6.45, 7) is 1.63. The normalized spacial score (nSPS) is 28.1. The van der Waals surface area contributed by atoms with Crippen LogP contribution in [0.3, 0.4) is 0 Å². The van der Waals surface area contributed by atoms with Crippen molar-refractivity contribution in [2.75, 3.05) is 13.7 Å². The van der Waals surface area contributed by atoms with Gasteiger partial charge in [0.25, 0.3) is 0 Å². The lowest BCUT2D eigenvalue weighted by Crippen LogP contribution is -2.67. The van der Waals surface area contributed by atoms with Crippen molar-refractivity contribution in [2.24, 2.45) is 0 Å². The smallest absolute Gasteiger partial charge is 0.338 e. The van der Waals surface area contributed by atoms with Gasteiger partial charge in [0.1, 0.15) is 12.2 Å². The third-order valence-corrected chi connectivity index (χ3v) is 10.6. The Morgan fingerprint density at radius 2 is 0.887 bits per heavy atom. The fraction of sp³-hybridized carbons (Fsp3) is 0.292. The molecule has 3 aliphatic rings. The van der Waals surface area contributed by atoms with E-state index in [4.69, 9.17) is 47.4 Å².